The number of aliphatic imine (C=N–C) groups is 1. The van der Waals surface area contributed by atoms with Crippen molar-refractivity contribution in [2.75, 3.05) is 0 Å². The van der Waals surface area contributed by atoms with Crippen LogP contribution < -0.4 is 5.84 Å². The number of fused-ring (bicyclic) bond motifs is 1. The largest absolute Gasteiger partial charge is 0.362 e. The Bertz CT molecular complexity index is 681. The molecule has 4 heteroatoms. The Morgan fingerprint density at radius 2 is 1.80 bits per heavy atom. The first kappa shape index (κ1) is 12.8. The lowest BCUT2D eigenvalue weighted by Gasteiger charge is -2.41. The molecule has 3 rings (SSSR count). The van der Waals surface area contributed by atoms with Crippen LogP contribution in [0.25, 0.3) is 0 Å². The summed E-state index contributed by atoms with van der Waals surface area (Å²) in [6, 6.07) is 15.2. The first-order chi connectivity index (χ1) is 9.53. The van der Waals surface area contributed by atoms with Gasteiger partial charge in [0.15, 0.2) is 0 Å². The average Bonchev–Trinajstić information content (AvgIpc) is 2.47. The van der Waals surface area contributed by atoms with Crippen LogP contribution in [0.5, 0.6) is 0 Å². The van der Waals surface area contributed by atoms with Crippen molar-refractivity contribution >= 4 is 11.5 Å². The first-order valence-electron chi connectivity index (χ1n) is 6.52. The number of nitrogens with zero attached hydrogens (tertiary/aromatic N) is 2. The van der Waals surface area contributed by atoms with E-state index in [-0.39, 0.29) is 0 Å². The Balaban J connectivity index is 2.30. The molecule has 0 amide bonds. The van der Waals surface area contributed by atoms with Crippen molar-refractivity contribution in [2.45, 2.75) is 19.6 Å². The van der Waals surface area contributed by atoms with E-state index in [9.17, 15) is 5.11 Å². The van der Waals surface area contributed by atoms with Crippen LogP contribution >= 0.6 is 0 Å². The van der Waals surface area contributed by atoms with Crippen LogP contribution in [0.1, 0.15) is 23.6 Å². The van der Waals surface area contributed by atoms with Crippen LogP contribution in [0.4, 0.5) is 5.69 Å². The maximum atomic E-state index is 11.3. The minimum atomic E-state index is -1.39. The fourth-order valence-electron chi connectivity index (χ4n) is 2.58. The van der Waals surface area contributed by atoms with Gasteiger partial charge in [-0.2, -0.15) is 0 Å². The summed E-state index contributed by atoms with van der Waals surface area (Å²) < 4.78 is 0. The van der Waals surface area contributed by atoms with Gasteiger partial charge in [-0.3, -0.25) is 5.01 Å². The normalized spacial score (nSPS) is 21.4. The van der Waals surface area contributed by atoms with Crippen LogP contribution in [-0.4, -0.2) is 16.0 Å². The number of hydrazine groups is 1. The van der Waals surface area contributed by atoms with E-state index in [4.69, 9.17) is 5.84 Å². The Morgan fingerprint density at radius 3 is 2.50 bits per heavy atom. The zero-order valence-electron chi connectivity index (χ0n) is 11.5. The van der Waals surface area contributed by atoms with Crippen molar-refractivity contribution < 1.29 is 5.11 Å². The molecular formula is C16H17N3O. The van der Waals surface area contributed by atoms with Gasteiger partial charge in [-0.1, -0.05) is 42.0 Å². The van der Waals surface area contributed by atoms with Gasteiger partial charge in [0.25, 0.3) is 0 Å². The molecule has 2 aromatic rings. The molecule has 0 fully saturated rings. The molecule has 0 saturated carbocycles. The summed E-state index contributed by atoms with van der Waals surface area (Å²) in [5.41, 5.74) is 1.84. The number of aliphatic hydroxyl groups is 1. The fraction of sp³-hybridized carbons (Fsp3) is 0.188. The van der Waals surface area contributed by atoms with E-state index >= 15 is 0 Å². The van der Waals surface area contributed by atoms with Crippen molar-refractivity contribution in [3.63, 3.8) is 0 Å². The molecule has 102 valence electrons. The monoisotopic (exact) mass is 267 g/mol. The zero-order chi connectivity index (χ0) is 14.3. The molecule has 0 saturated heterocycles. The van der Waals surface area contributed by atoms with Crippen LogP contribution in [0.15, 0.2) is 53.5 Å². The highest BCUT2D eigenvalue weighted by atomic mass is 16.3. The van der Waals surface area contributed by atoms with Crippen LogP contribution in [-0.2, 0) is 5.72 Å². The summed E-state index contributed by atoms with van der Waals surface area (Å²) in [5, 5.41) is 12.6. The molecule has 3 N–H and O–H groups in total. The molecule has 4 nitrogen and oxygen atoms in total. The molecule has 0 aromatic heterocycles. The van der Waals surface area contributed by atoms with Crippen molar-refractivity contribution in [3.8, 4) is 0 Å². The number of benzene rings is 2. The van der Waals surface area contributed by atoms with Crippen molar-refractivity contribution in [1.82, 2.24) is 5.01 Å². The molecule has 2 aromatic carbocycles. The van der Waals surface area contributed by atoms with Crippen LogP contribution in [0, 0.1) is 6.92 Å². The molecule has 1 heterocycles. The van der Waals surface area contributed by atoms with Crippen molar-refractivity contribution in [2.24, 2.45) is 10.8 Å². The highest BCUT2D eigenvalue weighted by Gasteiger charge is 2.42. The maximum absolute atomic E-state index is 11.3. The second-order valence-corrected chi connectivity index (χ2v) is 5.09. The zero-order valence-corrected chi connectivity index (χ0v) is 11.5. The summed E-state index contributed by atoms with van der Waals surface area (Å²) in [6.45, 7) is 3.77. The van der Waals surface area contributed by atoms with E-state index in [0.717, 1.165) is 16.8 Å². The smallest absolute Gasteiger partial charge is 0.207 e. The van der Waals surface area contributed by atoms with E-state index in [2.05, 4.69) is 4.99 Å². The predicted molar refractivity (Wildman–Crippen MR) is 79.4 cm³/mol. The Morgan fingerprint density at radius 1 is 1.10 bits per heavy atom. The number of nitrogens with two attached hydrogens (primary N) is 1. The number of hydrogen-bond acceptors (Lipinski definition) is 4. The molecular weight excluding hydrogens is 250 g/mol. The Kier molecular flexibility index (Phi) is 2.85. The number of amidine groups is 1. The summed E-state index contributed by atoms with van der Waals surface area (Å²) in [5.74, 6) is 6.68. The Labute approximate surface area is 118 Å². The highest BCUT2D eigenvalue weighted by molar-refractivity contribution is 5.86. The van der Waals surface area contributed by atoms with Gasteiger partial charge in [0, 0.05) is 11.1 Å². The summed E-state index contributed by atoms with van der Waals surface area (Å²) in [4.78, 5) is 4.45. The van der Waals surface area contributed by atoms with Crippen LogP contribution in [0.2, 0.25) is 0 Å². The molecule has 0 bridgehead atoms. The van der Waals surface area contributed by atoms with Gasteiger partial charge in [0.2, 0.25) is 5.72 Å². The third-order valence-corrected chi connectivity index (χ3v) is 3.68. The van der Waals surface area contributed by atoms with Gasteiger partial charge in [-0.25, -0.2) is 10.8 Å². The second kappa shape index (κ2) is 4.44. The van der Waals surface area contributed by atoms with E-state index in [0.29, 0.717) is 11.4 Å². The number of aryl methyl sites for hydroxylation is 1. The van der Waals surface area contributed by atoms with Crippen LogP contribution in [0.3, 0.4) is 0 Å². The number of hydrogen-bond donors (Lipinski definition) is 2. The maximum Gasteiger partial charge on any atom is 0.207 e. The predicted octanol–water partition coefficient (Wildman–Crippen LogP) is 2.43. The highest BCUT2D eigenvalue weighted by Crippen LogP contribution is 2.41. The minimum absolute atomic E-state index is 0.577. The first-order valence-corrected chi connectivity index (χ1v) is 6.52. The minimum Gasteiger partial charge on any atom is -0.362 e. The molecule has 20 heavy (non-hydrogen) atoms. The van der Waals surface area contributed by atoms with E-state index in [1.54, 1.807) is 6.92 Å². The molecule has 0 radical (unpaired) electrons. The molecule has 1 atom stereocenters. The summed E-state index contributed by atoms with van der Waals surface area (Å²) >= 11 is 0. The third kappa shape index (κ3) is 1.73. The molecule has 1 aliphatic rings. The van der Waals surface area contributed by atoms with Crippen molar-refractivity contribution in [1.29, 1.82) is 0 Å². The van der Waals surface area contributed by atoms with Gasteiger partial charge < -0.3 is 5.11 Å². The van der Waals surface area contributed by atoms with Crippen molar-refractivity contribution in [3.05, 3.63) is 65.2 Å². The third-order valence-electron chi connectivity index (χ3n) is 3.68. The van der Waals surface area contributed by atoms with Gasteiger partial charge in [-0.15, -0.1) is 0 Å². The SMILES string of the molecule is CC1=Nc2ccc(C)cc2C(O)(c2ccccc2)N1N. The van der Waals surface area contributed by atoms with Gasteiger partial charge >= 0.3 is 0 Å². The van der Waals surface area contributed by atoms with Gasteiger partial charge in [-0.05, 0) is 26.0 Å². The van der Waals surface area contributed by atoms with E-state index < -0.39 is 5.72 Å². The second-order valence-electron chi connectivity index (χ2n) is 5.09. The molecule has 0 spiro atoms. The quantitative estimate of drug-likeness (QED) is 0.780. The molecule has 1 aliphatic heterocycles. The fourth-order valence-corrected chi connectivity index (χ4v) is 2.58. The summed E-state index contributed by atoms with van der Waals surface area (Å²) in [6.07, 6.45) is 0. The lowest BCUT2D eigenvalue weighted by Crippen LogP contribution is -2.55. The van der Waals surface area contributed by atoms with E-state index in [1.165, 1.54) is 5.01 Å². The van der Waals surface area contributed by atoms with Gasteiger partial charge in [0.05, 0.1) is 5.69 Å². The molecule has 1 unspecified atom stereocenters. The lowest BCUT2D eigenvalue weighted by atomic mass is 9.90. The standard InChI is InChI=1S/C16H17N3O/c1-11-8-9-15-14(10-11)16(20,19(17)12(2)18-15)13-6-4-3-5-7-13/h3-10,20H,17H2,1-2H3. The lowest BCUT2D eigenvalue weighted by molar-refractivity contribution is -0.0411. The summed E-state index contributed by atoms with van der Waals surface area (Å²) in [7, 11) is 0. The topological polar surface area (TPSA) is 61.9 Å². The average molecular weight is 267 g/mol. The van der Waals surface area contributed by atoms with E-state index in [1.807, 2.05) is 55.5 Å². The number of rotatable bonds is 1. The van der Waals surface area contributed by atoms with Gasteiger partial charge in [0.1, 0.15) is 5.84 Å². The Hall–Kier alpha value is -2.17. The molecule has 0 aliphatic carbocycles.